The van der Waals surface area contributed by atoms with Gasteiger partial charge in [-0.2, -0.15) is 0 Å². The Bertz CT molecular complexity index is 1230. The zero-order valence-corrected chi connectivity index (χ0v) is 21.0. The number of aliphatic imine (C=N–C) groups is 1. The lowest BCUT2D eigenvalue weighted by Gasteiger charge is -2.15. The number of para-hydroxylation sites is 1. The number of rotatable bonds is 8. The van der Waals surface area contributed by atoms with E-state index in [0.29, 0.717) is 5.17 Å². The third-order valence-electron chi connectivity index (χ3n) is 5.85. The van der Waals surface area contributed by atoms with Gasteiger partial charge in [-0.1, -0.05) is 61.4 Å². The van der Waals surface area contributed by atoms with Crippen molar-refractivity contribution in [2.75, 3.05) is 11.3 Å². The van der Waals surface area contributed by atoms with Crippen LogP contribution in [-0.4, -0.2) is 34.1 Å². The van der Waals surface area contributed by atoms with Crippen LogP contribution in [0.15, 0.2) is 77.9 Å². The summed E-state index contributed by atoms with van der Waals surface area (Å²) in [5, 5.41) is 7.69. The summed E-state index contributed by atoms with van der Waals surface area (Å²) in [4.78, 5) is 33.9. The van der Waals surface area contributed by atoms with Gasteiger partial charge >= 0.3 is 5.97 Å². The maximum atomic E-state index is 12.4. The number of aromatic nitrogens is 1. The minimum atomic E-state index is -0.513. The van der Waals surface area contributed by atoms with Crippen LogP contribution in [-0.2, 0) is 14.3 Å². The van der Waals surface area contributed by atoms with E-state index in [1.807, 2.05) is 60.7 Å². The van der Waals surface area contributed by atoms with Gasteiger partial charge in [-0.15, -0.1) is 0 Å². The van der Waals surface area contributed by atoms with Gasteiger partial charge in [0.1, 0.15) is 12.1 Å². The molecule has 0 bridgehead atoms. The highest BCUT2D eigenvalue weighted by atomic mass is 32.2. The lowest BCUT2D eigenvalue weighted by Crippen LogP contribution is -2.31. The van der Waals surface area contributed by atoms with Crippen molar-refractivity contribution in [3.8, 4) is 0 Å². The molecule has 186 valence electrons. The summed E-state index contributed by atoms with van der Waals surface area (Å²) in [5.41, 5.74) is 2.52. The molecule has 3 aromatic rings. The number of hydrogen-bond donors (Lipinski definition) is 2. The molecule has 1 aliphatic rings. The van der Waals surface area contributed by atoms with Crippen LogP contribution in [0.1, 0.15) is 38.2 Å². The van der Waals surface area contributed by atoms with E-state index in [1.54, 1.807) is 19.2 Å². The zero-order chi connectivity index (χ0) is 25.2. The average molecular weight is 503 g/mol. The van der Waals surface area contributed by atoms with Gasteiger partial charge in [0.15, 0.2) is 5.17 Å². The Balaban J connectivity index is 1.44. The number of fused-ring (bicyclic) bond motifs is 1. The van der Waals surface area contributed by atoms with Gasteiger partial charge in [0.2, 0.25) is 5.91 Å². The van der Waals surface area contributed by atoms with E-state index in [9.17, 15) is 9.59 Å². The Morgan fingerprint density at radius 3 is 2.69 bits per heavy atom. The third kappa shape index (κ3) is 7.42. The van der Waals surface area contributed by atoms with Crippen LogP contribution >= 0.6 is 11.8 Å². The van der Waals surface area contributed by atoms with E-state index in [-0.39, 0.29) is 23.7 Å². The molecule has 1 amide bonds. The number of carbonyl (C=O) groups is 2. The highest BCUT2D eigenvalue weighted by Crippen LogP contribution is 2.26. The maximum absolute atomic E-state index is 12.4. The van der Waals surface area contributed by atoms with Crippen molar-refractivity contribution in [3.63, 3.8) is 0 Å². The molecule has 1 aromatic heterocycles. The molecular weight excluding hydrogens is 472 g/mol. The number of hydrogen-bond acceptors (Lipinski definition) is 6. The molecule has 4 rings (SSSR count). The van der Waals surface area contributed by atoms with E-state index in [4.69, 9.17) is 4.74 Å². The molecule has 0 aliphatic heterocycles. The number of nitrogens with one attached hydrogen (secondary N) is 2. The number of nitrogens with zero attached hydrogens (tertiary/aromatic N) is 2. The lowest BCUT2D eigenvalue weighted by atomic mass is 10.1. The van der Waals surface area contributed by atoms with Gasteiger partial charge in [0.25, 0.3) is 0 Å². The lowest BCUT2D eigenvalue weighted by molar-refractivity contribution is -0.145. The van der Waals surface area contributed by atoms with Crippen LogP contribution in [0.25, 0.3) is 17.0 Å². The molecule has 2 aromatic carbocycles. The molecule has 0 radical (unpaired) electrons. The molecule has 1 aliphatic carbocycles. The van der Waals surface area contributed by atoms with Gasteiger partial charge in [-0.25, -0.2) is 4.99 Å². The monoisotopic (exact) mass is 502 g/mol. The summed E-state index contributed by atoms with van der Waals surface area (Å²) in [5.74, 6) is -0.276. The average Bonchev–Trinajstić information content (AvgIpc) is 3.43. The summed E-state index contributed by atoms with van der Waals surface area (Å²) in [6.45, 7) is 1.79. The van der Waals surface area contributed by atoms with Crippen LogP contribution in [0, 0.1) is 5.92 Å². The van der Waals surface area contributed by atoms with E-state index in [2.05, 4.69) is 20.6 Å². The third-order valence-corrected chi connectivity index (χ3v) is 6.57. The molecule has 7 nitrogen and oxygen atoms in total. The summed E-state index contributed by atoms with van der Waals surface area (Å²) >= 11 is 1.28. The van der Waals surface area contributed by atoms with Gasteiger partial charge in [0, 0.05) is 17.7 Å². The van der Waals surface area contributed by atoms with Crippen LogP contribution in [0.4, 0.5) is 5.69 Å². The first kappa shape index (κ1) is 25.4. The van der Waals surface area contributed by atoms with Crippen molar-refractivity contribution in [1.29, 1.82) is 0 Å². The number of anilines is 1. The summed E-state index contributed by atoms with van der Waals surface area (Å²) in [6, 6.07) is 19.3. The number of carbonyl (C=O) groups excluding carboxylic acids is 2. The first-order chi connectivity index (χ1) is 17.6. The molecule has 0 saturated heterocycles. The van der Waals surface area contributed by atoms with E-state index in [1.165, 1.54) is 17.8 Å². The molecular formula is C28H30N4O3S. The van der Waals surface area contributed by atoms with Crippen molar-refractivity contribution in [2.45, 2.75) is 38.8 Å². The Labute approximate surface area is 215 Å². The minimum Gasteiger partial charge on any atom is -0.454 e. The van der Waals surface area contributed by atoms with Crippen LogP contribution in [0.2, 0.25) is 0 Å². The molecule has 1 saturated carbocycles. The predicted octanol–water partition coefficient (Wildman–Crippen LogP) is 5.60. The second-order valence-electron chi connectivity index (χ2n) is 8.58. The number of benzene rings is 2. The molecule has 1 unspecified atom stereocenters. The maximum Gasteiger partial charge on any atom is 0.309 e. The van der Waals surface area contributed by atoms with Crippen LogP contribution in [0.5, 0.6) is 0 Å². The normalized spacial score (nSPS) is 15.2. The zero-order valence-electron chi connectivity index (χ0n) is 20.2. The largest absolute Gasteiger partial charge is 0.454 e. The van der Waals surface area contributed by atoms with E-state index < -0.39 is 6.17 Å². The second kappa shape index (κ2) is 12.9. The fourth-order valence-electron chi connectivity index (χ4n) is 4.05. The Morgan fingerprint density at radius 1 is 1.11 bits per heavy atom. The van der Waals surface area contributed by atoms with E-state index in [0.717, 1.165) is 47.8 Å². The molecule has 0 spiro atoms. The standard InChI is InChI=1S/C28H30N4O3S/c1-20(30-25(33)17-16-21-9-3-2-4-10-21)31-28(36-19-35-27(34)23-11-5-6-12-23)32-24-15-7-13-22-14-8-18-29-26(22)24/h2-4,7-10,13-18,20,23H,5-6,11-12,19H2,1H3,(H,30,33)(H,31,32)/b17-16+. The number of esters is 1. The molecule has 2 N–H and O–H groups in total. The number of ether oxygens (including phenoxy) is 1. The topological polar surface area (TPSA) is 92.7 Å². The van der Waals surface area contributed by atoms with Gasteiger partial charge in [0.05, 0.1) is 17.1 Å². The first-order valence-corrected chi connectivity index (χ1v) is 13.1. The van der Waals surface area contributed by atoms with Crippen molar-refractivity contribution < 1.29 is 14.3 Å². The second-order valence-corrected chi connectivity index (χ2v) is 9.49. The highest BCUT2D eigenvalue weighted by molar-refractivity contribution is 8.14. The summed E-state index contributed by atoms with van der Waals surface area (Å²) in [6.07, 6.45) is 8.40. The van der Waals surface area contributed by atoms with Gasteiger partial charge in [-0.3, -0.25) is 14.6 Å². The molecule has 1 fully saturated rings. The summed E-state index contributed by atoms with van der Waals surface area (Å²) < 4.78 is 5.52. The smallest absolute Gasteiger partial charge is 0.309 e. The minimum absolute atomic E-state index is 0.00386. The fourth-order valence-corrected chi connectivity index (χ4v) is 4.75. The van der Waals surface area contributed by atoms with Gasteiger partial charge < -0.3 is 15.4 Å². The highest BCUT2D eigenvalue weighted by Gasteiger charge is 2.24. The van der Waals surface area contributed by atoms with Gasteiger partial charge in [-0.05, 0) is 55.3 Å². The Hall–Kier alpha value is -3.65. The summed E-state index contributed by atoms with van der Waals surface area (Å²) in [7, 11) is 0. The van der Waals surface area contributed by atoms with Crippen LogP contribution < -0.4 is 10.6 Å². The Morgan fingerprint density at radius 2 is 1.89 bits per heavy atom. The first-order valence-electron chi connectivity index (χ1n) is 12.1. The molecule has 36 heavy (non-hydrogen) atoms. The van der Waals surface area contributed by atoms with Crippen molar-refractivity contribution in [1.82, 2.24) is 10.3 Å². The van der Waals surface area contributed by atoms with Crippen LogP contribution in [0.3, 0.4) is 0 Å². The number of amidine groups is 1. The molecule has 8 heteroatoms. The fraction of sp³-hybridized carbons (Fsp3) is 0.286. The SMILES string of the molecule is CC(N=C(Nc1cccc2cccnc12)SCOC(=O)C1CCCC1)NC(=O)/C=C/c1ccccc1. The molecule has 1 heterocycles. The quantitative estimate of drug-likeness (QED) is 0.137. The number of amides is 1. The van der Waals surface area contributed by atoms with Crippen molar-refractivity contribution >= 4 is 51.5 Å². The predicted molar refractivity (Wildman–Crippen MR) is 146 cm³/mol. The van der Waals surface area contributed by atoms with Crippen molar-refractivity contribution in [3.05, 3.63) is 78.5 Å². The van der Waals surface area contributed by atoms with Crippen molar-refractivity contribution in [2.24, 2.45) is 10.9 Å². The Kier molecular flexibility index (Phi) is 9.10. The molecule has 1 atom stereocenters. The van der Waals surface area contributed by atoms with E-state index >= 15 is 0 Å². The number of pyridine rings is 1. The number of thioether (sulfide) groups is 1.